The molecule has 1 atom stereocenters. The third kappa shape index (κ3) is 3.96. The zero-order valence-electron chi connectivity index (χ0n) is 12.7. The van der Waals surface area contributed by atoms with E-state index in [4.69, 9.17) is 5.14 Å². The number of hydrogen-bond donors (Lipinski definition) is 2. The van der Waals surface area contributed by atoms with E-state index >= 15 is 0 Å². The lowest BCUT2D eigenvalue weighted by atomic mass is 9.90. The van der Waals surface area contributed by atoms with Crippen molar-refractivity contribution in [3.05, 3.63) is 24.3 Å². The number of rotatable bonds is 5. The second-order valence-electron chi connectivity index (χ2n) is 5.68. The van der Waals surface area contributed by atoms with Crippen molar-refractivity contribution in [2.75, 3.05) is 24.5 Å². The van der Waals surface area contributed by atoms with Crippen molar-refractivity contribution < 1.29 is 8.42 Å². The first kappa shape index (κ1) is 16.3. The van der Waals surface area contributed by atoms with E-state index in [0.29, 0.717) is 12.0 Å². The number of nitrogens with one attached hydrogen (secondary N) is 1. The van der Waals surface area contributed by atoms with Crippen LogP contribution in [-0.4, -0.2) is 34.1 Å². The Labute approximate surface area is 127 Å². The molecular weight excluding hydrogens is 286 g/mol. The van der Waals surface area contributed by atoms with Gasteiger partial charge in [0.05, 0.1) is 5.69 Å². The van der Waals surface area contributed by atoms with Crippen molar-refractivity contribution >= 4 is 15.7 Å². The quantitative estimate of drug-likeness (QED) is 0.865. The molecule has 1 heterocycles. The second-order valence-corrected chi connectivity index (χ2v) is 7.21. The Hall–Kier alpha value is -1.11. The minimum Gasteiger partial charge on any atom is -0.370 e. The molecule has 1 aromatic rings. The molecule has 2 rings (SSSR count). The zero-order valence-corrected chi connectivity index (χ0v) is 13.6. The van der Waals surface area contributed by atoms with Crippen LogP contribution in [-0.2, 0) is 10.0 Å². The van der Waals surface area contributed by atoms with E-state index in [9.17, 15) is 8.42 Å². The molecule has 0 aliphatic carbocycles. The van der Waals surface area contributed by atoms with Crippen LogP contribution in [0.1, 0.15) is 26.7 Å². The van der Waals surface area contributed by atoms with Crippen LogP contribution in [0.3, 0.4) is 0 Å². The fraction of sp³-hybridized carbons (Fsp3) is 0.600. The number of benzene rings is 1. The molecule has 1 unspecified atom stereocenters. The average molecular weight is 311 g/mol. The molecule has 1 saturated heterocycles. The minimum absolute atomic E-state index is 0.225. The van der Waals surface area contributed by atoms with Gasteiger partial charge in [-0.3, -0.25) is 0 Å². The van der Waals surface area contributed by atoms with E-state index in [0.717, 1.165) is 38.2 Å². The largest absolute Gasteiger partial charge is 0.370 e. The third-order valence-electron chi connectivity index (χ3n) is 4.29. The summed E-state index contributed by atoms with van der Waals surface area (Å²) >= 11 is 0. The summed E-state index contributed by atoms with van der Waals surface area (Å²) in [6, 6.07) is 7.50. The molecule has 21 heavy (non-hydrogen) atoms. The maximum absolute atomic E-state index is 11.7. The van der Waals surface area contributed by atoms with Gasteiger partial charge in [0.15, 0.2) is 0 Å². The van der Waals surface area contributed by atoms with Crippen molar-refractivity contribution in [3.8, 4) is 0 Å². The van der Waals surface area contributed by atoms with Gasteiger partial charge in [0.2, 0.25) is 10.0 Å². The highest BCUT2D eigenvalue weighted by Crippen LogP contribution is 2.29. The third-order valence-corrected chi connectivity index (χ3v) is 5.24. The van der Waals surface area contributed by atoms with Gasteiger partial charge < -0.3 is 10.2 Å². The fourth-order valence-corrected chi connectivity index (χ4v) is 3.84. The second kappa shape index (κ2) is 6.77. The first-order valence-corrected chi connectivity index (χ1v) is 9.08. The minimum atomic E-state index is -3.68. The van der Waals surface area contributed by atoms with E-state index in [-0.39, 0.29) is 4.90 Å². The lowest BCUT2D eigenvalue weighted by Gasteiger charge is -2.37. The number of primary sulfonamides is 1. The number of nitrogens with zero attached hydrogens (tertiary/aromatic N) is 1. The summed E-state index contributed by atoms with van der Waals surface area (Å²) in [5.74, 6) is 0.642. The zero-order chi connectivity index (χ0) is 15.5. The highest BCUT2D eigenvalue weighted by molar-refractivity contribution is 7.89. The monoisotopic (exact) mass is 311 g/mol. The van der Waals surface area contributed by atoms with Gasteiger partial charge in [-0.05, 0) is 44.4 Å². The Morgan fingerprint density at radius 2 is 1.95 bits per heavy atom. The standard InChI is InChI=1S/C15H25N3O2S/c1-3-17-12(2)13-8-10-18(11-9-13)14-6-4-5-7-15(14)21(16,19)20/h4-7,12-13,17H,3,8-11H2,1-2H3,(H2,16,19,20). The fourth-order valence-electron chi connectivity index (χ4n) is 3.09. The summed E-state index contributed by atoms with van der Waals surface area (Å²) in [5, 5.41) is 8.79. The van der Waals surface area contributed by atoms with Crippen LogP contribution in [0.2, 0.25) is 0 Å². The van der Waals surface area contributed by atoms with E-state index in [2.05, 4.69) is 24.1 Å². The number of sulfonamides is 1. The molecule has 3 N–H and O–H groups in total. The number of hydrogen-bond acceptors (Lipinski definition) is 4. The number of anilines is 1. The van der Waals surface area contributed by atoms with E-state index in [1.54, 1.807) is 12.1 Å². The molecule has 1 aliphatic heterocycles. The molecule has 0 aromatic heterocycles. The number of nitrogens with two attached hydrogens (primary N) is 1. The average Bonchev–Trinajstić information content (AvgIpc) is 2.47. The molecule has 0 radical (unpaired) electrons. The van der Waals surface area contributed by atoms with Crippen molar-refractivity contribution in [3.63, 3.8) is 0 Å². The highest BCUT2D eigenvalue weighted by Gasteiger charge is 2.26. The highest BCUT2D eigenvalue weighted by atomic mass is 32.2. The smallest absolute Gasteiger partial charge is 0.240 e. The molecule has 0 amide bonds. The molecule has 1 aromatic carbocycles. The van der Waals surface area contributed by atoms with Crippen LogP contribution in [0.4, 0.5) is 5.69 Å². The molecule has 118 valence electrons. The van der Waals surface area contributed by atoms with Crippen molar-refractivity contribution in [1.82, 2.24) is 5.32 Å². The summed E-state index contributed by atoms with van der Waals surface area (Å²) in [6.07, 6.45) is 2.13. The summed E-state index contributed by atoms with van der Waals surface area (Å²) in [6.45, 7) is 7.06. The first-order valence-electron chi connectivity index (χ1n) is 7.53. The molecule has 1 aliphatic rings. The predicted octanol–water partition coefficient (Wildman–Crippen LogP) is 1.55. The van der Waals surface area contributed by atoms with Crippen LogP contribution in [0, 0.1) is 5.92 Å². The van der Waals surface area contributed by atoms with E-state index < -0.39 is 10.0 Å². The van der Waals surface area contributed by atoms with Gasteiger partial charge in [-0.1, -0.05) is 19.1 Å². The van der Waals surface area contributed by atoms with Gasteiger partial charge in [0.25, 0.3) is 0 Å². The SMILES string of the molecule is CCNC(C)C1CCN(c2ccccc2S(N)(=O)=O)CC1. The van der Waals surface area contributed by atoms with Crippen molar-refractivity contribution in [2.45, 2.75) is 37.6 Å². The molecule has 6 heteroatoms. The Morgan fingerprint density at radius 3 is 2.52 bits per heavy atom. The summed E-state index contributed by atoms with van der Waals surface area (Å²) in [5.41, 5.74) is 0.731. The molecule has 1 fully saturated rings. The normalized spacial score (nSPS) is 18.7. The number of para-hydroxylation sites is 1. The first-order chi connectivity index (χ1) is 9.93. The van der Waals surface area contributed by atoms with Gasteiger partial charge in [-0.2, -0.15) is 0 Å². The van der Waals surface area contributed by atoms with Crippen molar-refractivity contribution in [1.29, 1.82) is 0 Å². The van der Waals surface area contributed by atoms with Crippen LogP contribution in [0.25, 0.3) is 0 Å². The Kier molecular flexibility index (Phi) is 5.24. The summed E-state index contributed by atoms with van der Waals surface area (Å²) < 4.78 is 23.4. The summed E-state index contributed by atoms with van der Waals surface area (Å²) in [4.78, 5) is 2.36. The van der Waals surface area contributed by atoms with Gasteiger partial charge in [-0.25, -0.2) is 13.6 Å². The molecule has 0 saturated carbocycles. The molecular formula is C15H25N3O2S. The predicted molar refractivity (Wildman–Crippen MR) is 85.9 cm³/mol. The molecule has 0 spiro atoms. The van der Waals surface area contributed by atoms with E-state index in [1.807, 2.05) is 12.1 Å². The van der Waals surface area contributed by atoms with Crippen LogP contribution >= 0.6 is 0 Å². The maximum Gasteiger partial charge on any atom is 0.240 e. The molecule has 0 bridgehead atoms. The Bertz CT molecular complexity index is 566. The van der Waals surface area contributed by atoms with Crippen LogP contribution in [0.5, 0.6) is 0 Å². The maximum atomic E-state index is 11.7. The Balaban J connectivity index is 2.10. The van der Waals surface area contributed by atoms with Gasteiger partial charge in [0, 0.05) is 19.1 Å². The van der Waals surface area contributed by atoms with E-state index in [1.165, 1.54) is 0 Å². The molecule has 5 nitrogen and oxygen atoms in total. The lowest BCUT2D eigenvalue weighted by molar-refractivity contribution is 0.314. The van der Waals surface area contributed by atoms with Gasteiger partial charge in [0.1, 0.15) is 4.90 Å². The van der Waals surface area contributed by atoms with Gasteiger partial charge in [-0.15, -0.1) is 0 Å². The Morgan fingerprint density at radius 1 is 1.33 bits per heavy atom. The lowest BCUT2D eigenvalue weighted by Crippen LogP contribution is -2.42. The van der Waals surface area contributed by atoms with Crippen molar-refractivity contribution in [2.24, 2.45) is 11.1 Å². The number of piperidine rings is 1. The summed E-state index contributed by atoms with van der Waals surface area (Å²) in [7, 11) is -3.68. The van der Waals surface area contributed by atoms with Gasteiger partial charge >= 0.3 is 0 Å². The van der Waals surface area contributed by atoms with Crippen LogP contribution in [0.15, 0.2) is 29.2 Å². The topological polar surface area (TPSA) is 75.4 Å². The van der Waals surface area contributed by atoms with Crippen LogP contribution < -0.4 is 15.4 Å².